The molecule has 0 atom stereocenters. The van der Waals surface area contributed by atoms with Gasteiger partial charge in [0.25, 0.3) is 5.91 Å². The summed E-state index contributed by atoms with van der Waals surface area (Å²) in [5.74, 6) is -0.196. The molecule has 0 fully saturated rings. The fourth-order valence-corrected chi connectivity index (χ4v) is 2.89. The van der Waals surface area contributed by atoms with Crippen LogP contribution in [0.15, 0.2) is 36.0 Å². The second kappa shape index (κ2) is 8.29. The fourth-order valence-electron chi connectivity index (χ4n) is 1.97. The Balaban J connectivity index is 1.70. The summed E-state index contributed by atoms with van der Waals surface area (Å²) in [6.07, 6.45) is 4.50. The van der Waals surface area contributed by atoms with E-state index in [1.807, 2.05) is 30.5 Å². The Morgan fingerprint density at radius 2 is 2.14 bits per heavy atom. The maximum atomic E-state index is 12.0. The predicted octanol–water partition coefficient (Wildman–Crippen LogP) is 2.14. The van der Waals surface area contributed by atoms with Crippen molar-refractivity contribution in [1.29, 1.82) is 0 Å². The van der Waals surface area contributed by atoms with E-state index < -0.39 is 0 Å². The average molecular weight is 317 g/mol. The number of hydrogen-bond donors (Lipinski definition) is 2. The zero-order chi connectivity index (χ0) is 15.8. The van der Waals surface area contributed by atoms with Gasteiger partial charge in [0.15, 0.2) is 0 Å². The second-order valence-corrected chi connectivity index (χ2v) is 5.69. The summed E-state index contributed by atoms with van der Waals surface area (Å²) in [5.41, 5.74) is 1.99. The molecule has 0 aromatic carbocycles. The molecule has 0 radical (unpaired) electrons. The lowest BCUT2D eigenvalue weighted by Crippen LogP contribution is -2.30. The number of nitrogens with one attached hydrogen (secondary N) is 2. The van der Waals surface area contributed by atoms with Crippen molar-refractivity contribution in [2.75, 3.05) is 6.54 Å². The highest BCUT2D eigenvalue weighted by Gasteiger charge is 2.11. The van der Waals surface area contributed by atoms with Gasteiger partial charge in [-0.15, -0.1) is 11.3 Å². The van der Waals surface area contributed by atoms with Gasteiger partial charge < -0.3 is 10.6 Å². The van der Waals surface area contributed by atoms with Crippen molar-refractivity contribution in [2.45, 2.75) is 26.3 Å². The Morgan fingerprint density at radius 1 is 1.27 bits per heavy atom. The topological polar surface area (TPSA) is 71.1 Å². The van der Waals surface area contributed by atoms with E-state index in [4.69, 9.17) is 0 Å². The van der Waals surface area contributed by atoms with Crippen LogP contribution in [0.5, 0.6) is 0 Å². The van der Waals surface area contributed by atoms with E-state index in [9.17, 15) is 9.59 Å². The maximum Gasteiger partial charge on any atom is 0.261 e. The molecule has 2 aromatic heterocycles. The second-order valence-electron chi connectivity index (χ2n) is 4.77. The molecule has 6 heteroatoms. The molecule has 0 spiro atoms. The molecule has 2 heterocycles. The number of amides is 2. The third kappa shape index (κ3) is 4.66. The van der Waals surface area contributed by atoms with E-state index in [-0.39, 0.29) is 18.2 Å². The van der Waals surface area contributed by atoms with Crippen molar-refractivity contribution >= 4 is 23.2 Å². The van der Waals surface area contributed by atoms with Crippen LogP contribution >= 0.6 is 11.3 Å². The molecule has 0 saturated carbocycles. The first kappa shape index (κ1) is 16.2. The van der Waals surface area contributed by atoms with Crippen LogP contribution in [0.4, 0.5) is 0 Å². The van der Waals surface area contributed by atoms with E-state index in [0.717, 1.165) is 22.4 Å². The number of hydrogen-bond acceptors (Lipinski definition) is 4. The van der Waals surface area contributed by atoms with Gasteiger partial charge in [-0.25, -0.2) is 0 Å². The van der Waals surface area contributed by atoms with Gasteiger partial charge in [-0.3, -0.25) is 14.6 Å². The normalized spacial score (nSPS) is 10.2. The molecule has 0 saturated heterocycles. The van der Waals surface area contributed by atoms with Gasteiger partial charge in [0.05, 0.1) is 4.88 Å². The number of rotatable bonds is 7. The third-order valence-corrected chi connectivity index (χ3v) is 4.14. The van der Waals surface area contributed by atoms with Crippen LogP contribution in [0.1, 0.15) is 34.1 Å². The number of nitrogens with zero attached hydrogens (tertiary/aromatic N) is 1. The van der Waals surface area contributed by atoms with Crippen LogP contribution in [-0.2, 0) is 17.8 Å². The minimum atomic E-state index is -0.105. The number of thiophene rings is 1. The number of aryl methyl sites for hydroxylation is 1. The molecular formula is C16H19N3O2S. The summed E-state index contributed by atoms with van der Waals surface area (Å²) in [4.78, 5) is 28.5. The van der Waals surface area contributed by atoms with Crippen LogP contribution in [-0.4, -0.2) is 23.3 Å². The number of carbonyl (C=O) groups is 2. The van der Waals surface area contributed by atoms with Crippen molar-refractivity contribution in [3.05, 3.63) is 52.0 Å². The van der Waals surface area contributed by atoms with Gasteiger partial charge in [0.2, 0.25) is 5.91 Å². The molecule has 0 bridgehead atoms. The Kier molecular flexibility index (Phi) is 6.09. The molecular weight excluding hydrogens is 298 g/mol. The molecule has 2 rings (SSSR count). The van der Waals surface area contributed by atoms with Crippen molar-refractivity contribution in [2.24, 2.45) is 0 Å². The quantitative estimate of drug-likeness (QED) is 0.822. The zero-order valence-electron chi connectivity index (χ0n) is 12.5. The molecule has 5 nitrogen and oxygen atoms in total. The average Bonchev–Trinajstić information content (AvgIpc) is 3.02. The monoisotopic (exact) mass is 317 g/mol. The van der Waals surface area contributed by atoms with Crippen molar-refractivity contribution in [3.63, 3.8) is 0 Å². The first-order chi connectivity index (χ1) is 10.7. The first-order valence-electron chi connectivity index (χ1n) is 7.21. The number of pyridine rings is 1. The maximum absolute atomic E-state index is 12.0. The number of aromatic nitrogens is 1. The molecule has 0 aliphatic carbocycles. The highest BCUT2D eigenvalue weighted by molar-refractivity contribution is 7.12. The van der Waals surface area contributed by atoms with Gasteiger partial charge in [-0.1, -0.05) is 13.0 Å². The Labute approximate surface area is 133 Å². The molecule has 2 amide bonds. The zero-order valence-corrected chi connectivity index (χ0v) is 13.3. The molecule has 22 heavy (non-hydrogen) atoms. The van der Waals surface area contributed by atoms with Crippen LogP contribution in [0.2, 0.25) is 0 Å². The van der Waals surface area contributed by atoms with Gasteiger partial charge in [-0.05, 0) is 35.1 Å². The molecule has 0 aliphatic rings. The highest BCUT2D eigenvalue weighted by atomic mass is 32.1. The van der Waals surface area contributed by atoms with E-state index >= 15 is 0 Å². The summed E-state index contributed by atoms with van der Waals surface area (Å²) in [6, 6.07) is 5.69. The molecule has 0 unspecified atom stereocenters. The predicted molar refractivity (Wildman–Crippen MR) is 86.7 cm³/mol. The van der Waals surface area contributed by atoms with E-state index in [1.54, 1.807) is 12.4 Å². The SMILES string of the molecule is CCc1ccsc1C(=O)NCCC(=O)NCc1cccnc1. The molecule has 2 aromatic rings. The molecule has 0 aliphatic heterocycles. The Hall–Kier alpha value is -2.21. The largest absolute Gasteiger partial charge is 0.352 e. The summed E-state index contributed by atoms with van der Waals surface area (Å²) in [7, 11) is 0. The minimum absolute atomic E-state index is 0.0916. The Morgan fingerprint density at radius 3 is 2.86 bits per heavy atom. The van der Waals surface area contributed by atoms with Gasteiger partial charge in [0, 0.05) is 31.9 Å². The van der Waals surface area contributed by atoms with Crippen LogP contribution < -0.4 is 10.6 Å². The van der Waals surface area contributed by atoms with Crippen molar-refractivity contribution < 1.29 is 9.59 Å². The summed E-state index contributed by atoms with van der Waals surface area (Å²) >= 11 is 1.43. The summed E-state index contributed by atoms with van der Waals surface area (Å²) < 4.78 is 0. The standard InChI is InChI=1S/C16H19N3O2S/c1-2-13-6-9-22-15(13)16(21)18-8-5-14(20)19-11-12-4-3-7-17-10-12/h3-4,6-7,9-10H,2,5,8,11H2,1H3,(H,18,21)(H,19,20). The third-order valence-electron chi connectivity index (χ3n) is 3.18. The minimum Gasteiger partial charge on any atom is -0.352 e. The van der Waals surface area contributed by atoms with Gasteiger partial charge in [0.1, 0.15) is 0 Å². The highest BCUT2D eigenvalue weighted by Crippen LogP contribution is 2.16. The van der Waals surface area contributed by atoms with Gasteiger partial charge in [-0.2, -0.15) is 0 Å². The summed E-state index contributed by atoms with van der Waals surface area (Å²) in [6.45, 7) is 2.80. The van der Waals surface area contributed by atoms with E-state index in [2.05, 4.69) is 15.6 Å². The smallest absolute Gasteiger partial charge is 0.261 e. The first-order valence-corrected chi connectivity index (χ1v) is 8.09. The lowest BCUT2D eigenvalue weighted by molar-refractivity contribution is -0.121. The van der Waals surface area contributed by atoms with Gasteiger partial charge >= 0.3 is 0 Å². The van der Waals surface area contributed by atoms with E-state index in [1.165, 1.54) is 11.3 Å². The lowest BCUT2D eigenvalue weighted by atomic mass is 10.2. The molecule has 2 N–H and O–H groups in total. The Bertz CT molecular complexity index is 625. The van der Waals surface area contributed by atoms with Crippen LogP contribution in [0, 0.1) is 0 Å². The summed E-state index contributed by atoms with van der Waals surface area (Å²) in [5, 5.41) is 7.50. The van der Waals surface area contributed by atoms with E-state index in [0.29, 0.717) is 13.1 Å². The molecule has 116 valence electrons. The lowest BCUT2D eigenvalue weighted by Gasteiger charge is -2.07. The number of carbonyl (C=O) groups excluding carboxylic acids is 2. The van der Waals surface area contributed by atoms with Crippen molar-refractivity contribution in [3.8, 4) is 0 Å². The van der Waals surface area contributed by atoms with Crippen LogP contribution in [0.3, 0.4) is 0 Å². The van der Waals surface area contributed by atoms with Crippen LogP contribution in [0.25, 0.3) is 0 Å². The fraction of sp³-hybridized carbons (Fsp3) is 0.312. The van der Waals surface area contributed by atoms with Crippen molar-refractivity contribution in [1.82, 2.24) is 15.6 Å².